The van der Waals surface area contributed by atoms with Crippen LogP contribution >= 0.6 is 12.6 Å². The summed E-state index contributed by atoms with van der Waals surface area (Å²) in [7, 11) is 1.57. The second-order valence-corrected chi connectivity index (χ2v) is 6.64. The van der Waals surface area contributed by atoms with Crippen LogP contribution in [0.3, 0.4) is 0 Å². The number of rotatable bonds is 10. The summed E-state index contributed by atoms with van der Waals surface area (Å²) in [6.45, 7) is 3.76. The van der Waals surface area contributed by atoms with E-state index in [1.54, 1.807) is 14.0 Å². The molecular weight excluding hydrogens is 326 g/mol. The second kappa shape index (κ2) is 10.2. The van der Waals surface area contributed by atoms with Crippen molar-refractivity contribution < 1.29 is 19.4 Å². The lowest BCUT2D eigenvalue weighted by Gasteiger charge is -2.16. The molecule has 24 heavy (non-hydrogen) atoms. The predicted octanol–water partition coefficient (Wildman–Crippen LogP) is 3.63. The van der Waals surface area contributed by atoms with Gasteiger partial charge in [-0.3, -0.25) is 9.59 Å². The molecule has 0 fully saturated rings. The number of benzene rings is 1. The zero-order valence-corrected chi connectivity index (χ0v) is 15.4. The summed E-state index contributed by atoms with van der Waals surface area (Å²) in [6.07, 6.45) is 2.51. The first-order valence-electron chi connectivity index (χ1n) is 8.17. The van der Waals surface area contributed by atoms with E-state index in [2.05, 4.69) is 17.9 Å². The molecule has 0 aliphatic carbocycles. The summed E-state index contributed by atoms with van der Waals surface area (Å²) < 4.78 is 5.30. The molecule has 0 saturated heterocycles. The van der Waals surface area contributed by atoms with Gasteiger partial charge in [0.05, 0.1) is 18.7 Å². The van der Waals surface area contributed by atoms with Crippen LogP contribution in [0.2, 0.25) is 0 Å². The number of amides is 1. The lowest BCUT2D eigenvalue weighted by Crippen LogP contribution is -2.15. The monoisotopic (exact) mass is 353 g/mol. The Hall–Kier alpha value is -1.69. The van der Waals surface area contributed by atoms with Crippen molar-refractivity contribution in [3.63, 3.8) is 0 Å². The standard InChI is InChI=1S/C18H27NO4S/c1-12(9-13(2)18(21)22)10-14-6-7-16(23-3)15(11-14)19-17(20)5-4-8-24/h6-7,11-13,24H,4-5,8-10H2,1-3H3,(H,19,20)(H,21,22)/t12-,13?/m1/s1. The van der Waals surface area contributed by atoms with E-state index in [1.807, 2.05) is 25.1 Å². The first-order valence-corrected chi connectivity index (χ1v) is 8.81. The normalized spacial score (nSPS) is 13.2. The van der Waals surface area contributed by atoms with E-state index in [4.69, 9.17) is 9.84 Å². The van der Waals surface area contributed by atoms with E-state index in [0.29, 0.717) is 30.0 Å². The Balaban J connectivity index is 2.77. The number of nitrogens with one attached hydrogen (secondary N) is 1. The van der Waals surface area contributed by atoms with Crippen LogP contribution < -0.4 is 10.1 Å². The van der Waals surface area contributed by atoms with Crippen molar-refractivity contribution >= 4 is 30.2 Å². The Labute approximate surface area is 149 Å². The van der Waals surface area contributed by atoms with Gasteiger partial charge in [-0.25, -0.2) is 0 Å². The van der Waals surface area contributed by atoms with Crippen molar-refractivity contribution in [3.05, 3.63) is 23.8 Å². The molecule has 0 heterocycles. The lowest BCUT2D eigenvalue weighted by atomic mass is 9.91. The molecule has 1 unspecified atom stereocenters. The van der Waals surface area contributed by atoms with E-state index >= 15 is 0 Å². The highest BCUT2D eigenvalue weighted by atomic mass is 32.1. The van der Waals surface area contributed by atoms with Gasteiger partial charge in [-0.1, -0.05) is 19.9 Å². The van der Waals surface area contributed by atoms with Crippen LogP contribution in [0.4, 0.5) is 5.69 Å². The average Bonchev–Trinajstić information content (AvgIpc) is 2.53. The molecule has 134 valence electrons. The number of carbonyl (C=O) groups excluding carboxylic acids is 1. The van der Waals surface area contributed by atoms with Crippen molar-refractivity contribution in [3.8, 4) is 5.75 Å². The van der Waals surface area contributed by atoms with Gasteiger partial charge >= 0.3 is 5.97 Å². The quantitative estimate of drug-likeness (QED) is 0.562. The minimum Gasteiger partial charge on any atom is -0.495 e. The van der Waals surface area contributed by atoms with E-state index in [9.17, 15) is 9.59 Å². The summed E-state index contributed by atoms with van der Waals surface area (Å²) in [5, 5.41) is 11.9. The highest BCUT2D eigenvalue weighted by Gasteiger charge is 2.16. The average molecular weight is 353 g/mol. The van der Waals surface area contributed by atoms with Gasteiger partial charge < -0.3 is 15.2 Å². The number of carboxylic acid groups (broad SMARTS) is 1. The first-order chi connectivity index (χ1) is 11.4. The fraction of sp³-hybridized carbons (Fsp3) is 0.556. The molecular formula is C18H27NO4S. The molecule has 0 radical (unpaired) electrons. The number of anilines is 1. The van der Waals surface area contributed by atoms with Gasteiger partial charge in [0.25, 0.3) is 0 Å². The Bertz CT molecular complexity index is 562. The number of carbonyl (C=O) groups is 2. The number of carboxylic acids is 1. The second-order valence-electron chi connectivity index (χ2n) is 6.19. The number of aliphatic carboxylic acids is 1. The van der Waals surface area contributed by atoms with Crippen LogP contribution in [0, 0.1) is 11.8 Å². The van der Waals surface area contributed by atoms with E-state index in [0.717, 1.165) is 18.4 Å². The number of methoxy groups -OCH3 is 1. The molecule has 1 amide bonds. The Morgan fingerprint density at radius 2 is 2.04 bits per heavy atom. The van der Waals surface area contributed by atoms with Crippen LogP contribution in [0.5, 0.6) is 5.75 Å². The molecule has 5 nitrogen and oxygen atoms in total. The van der Waals surface area contributed by atoms with Crippen LogP contribution in [0.25, 0.3) is 0 Å². The zero-order chi connectivity index (χ0) is 18.1. The maximum Gasteiger partial charge on any atom is 0.306 e. The first kappa shape index (κ1) is 20.4. The van der Waals surface area contributed by atoms with Gasteiger partial charge in [-0.2, -0.15) is 12.6 Å². The van der Waals surface area contributed by atoms with Gasteiger partial charge in [0.15, 0.2) is 0 Å². The molecule has 1 rings (SSSR count). The molecule has 0 spiro atoms. The minimum absolute atomic E-state index is 0.0629. The van der Waals surface area contributed by atoms with Crippen LogP contribution in [0.1, 0.15) is 38.7 Å². The van der Waals surface area contributed by atoms with Crippen molar-refractivity contribution in [2.45, 2.75) is 39.5 Å². The number of ether oxygens (including phenoxy) is 1. The summed E-state index contributed by atoms with van der Waals surface area (Å²) in [4.78, 5) is 22.9. The minimum atomic E-state index is -0.770. The van der Waals surface area contributed by atoms with Crippen molar-refractivity contribution in [2.75, 3.05) is 18.2 Å². The van der Waals surface area contributed by atoms with Gasteiger partial charge in [0, 0.05) is 6.42 Å². The summed E-state index contributed by atoms with van der Waals surface area (Å²) in [5.41, 5.74) is 1.70. The van der Waals surface area contributed by atoms with Crippen LogP contribution in [-0.2, 0) is 16.0 Å². The van der Waals surface area contributed by atoms with Gasteiger partial charge in [-0.05, 0) is 48.6 Å². The molecule has 1 aromatic rings. The topological polar surface area (TPSA) is 75.6 Å². The molecule has 0 aromatic heterocycles. The Kier molecular flexibility index (Phi) is 8.68. The van der Waals surface area contributed by atoms with Gasteiger partial charge in [0.2, 0.25) is 5.91 Å². The Morgan fingerprint density at radius 1 is 1.33 bits per heavy atom. The van der Waals surface area contributed by atoms with E-state index in [-0.39, 0.29) is 17.7 Å². The highest BCUT2D eigenvalue weighted by molar-refractivity contribution is 7.80. The molecule has 2 atom stereocenters. The summed E-state index contributed by atoms with van der Waals surface area (Å²) >= 11 is 4.11. The van der Waals surface area contributed by atoms with Crippen LogP contribution in [0.15, 0.2) is 18.2 Å². The van der Waals surface area contributed by atoms with E-state index in [1.165, 1.54) is 0 Å². The third-order valence-corrected chi connectivity index (χ3v) is 4.18. The fourth-order valence-electron chi connectivity index (χ4n) is 2.62. The summed E-state index contributed by atoms with van der Waals surface area (Å²) in [6, 6.07) is 5.68. The molecule has 0 aliphatic heterocycles. The predicted molar refractivity (Wildman–Crippen MR) is 99.0 cm³/mol. The molecule has 1 aromatic carbocycles. The fourth-order valence-corrected chi connectivity index (χ4v) is 2.78. The third kappa shape index (κ3) is 6.83. The van der Waals surface area contributed by atoms with Crippen molar-refractivity contribution in [1.29, 1.82) is 0 Å². The summed E-state index contributed by atoms with van der Waals surface area (Å²) in [5.74, 6) is 0.324. The number of hydrogen-bond acceptors (Lipinski definition) is 4. The van der Waals surface area contributed by atoms with Crippen LogP contribution in [-0.4, -0.2) is 29.8 Å². The number of thiol groups is 1. The Morgan fingerprint density at radius 3 is 2.62 bits per heavy atom. The zero-order valence-electron chi connectivity index (χ0n) is 14.5. The molecule has 0 aliphatic rings. The number of hydrogen-bond donors (Lipinski definition) is 3. The molecule has 6 heteroatoms. The molecule has 0 bridgehead atoms. The van der Waals surface area contributed by atoms with E-state index < -0.39 is 5.97 Å². The molecule has 0 saturated carbocycles. The maximum atomic E-state index is 11.9. The van der Waals surface area contributed by atoms with Gasteiger partial charge in [-0.15, -0.1) is 0 Å². The lowest BCUT2D eigenvalue weighted by molar-refractivity contribution is -0.141. The highest BCUT2D eigenvalue weighted by Crippen LogP contribution is 2.28. The maximum absolute atomic E-state index is 11.9. The SMILES string of the molecule is COc1ccc(C[C@H](C)CC(C)C(=O)O)cc1NC(=O)CCCS. The van der Waals surface area contributed by atoms with Gasteiger partial charge in [0.1, 0.15) is 5.75 Å². The largest absolute Gasteiger partial charge is 0.495 e. The smallest absolute Gasteiger partial charge is 0.306 e. The van der Waals surface area contributed by atoms with Crippen molar-refractivity contribution in [1.82, 2.24) is 0 Å². The molecule has 2 N–H and O–H groups in total. The van der Waals surface area contributed by atoms with Crippen molar-refractivity contribution in [2.24, 2.45) is 11.8 Å². The third-order valence-electron chi connectivity index (χ3n) is 3.86.